The largest absolute Gasteiger partial charge is 0.489 e. The summed E-state index contributed by atoms with van der Waals surface area (Å²) < 4.78 is 5.72. The molecule has 1 aromatic rings. The van der Waals surface area contributed by atoms with Gasteiger partial charge in [-0.05, 0) is 38.2 Å². The van der Waals surface area contributed by atoms with Crippen molar-refractivity contribution in [2.24, 2.45) is 0 Å². The molecular formula is C13H17N3O. The summed E-state index contributed by atoms with van der Waals surface area (Å²) in [5.41, 5.74) is 1.69. The van der Waals surface area contributed by atoms with E-state index in [1.54, 1.807) is 6.07 Å². The Bertz CT molecular complexity index is 439. The number of hydrogen-bond donors (Lipinski definition) is 1. The number of ether oxygens (including phenoxy) is 1. The monoisotopic (exact) mass is 231 g/mol. The van der Waals surface area contributed by atoms with Crippen LogP contribution >= 0.6 is 0 Å². The fourth-order valence-corrected chi connectivity index (χ4v) is 2.07. The van der Waals surface area contributed by atoms with E-state index in [0.717, 1.165) is 24.4 Å². The van der Waals surface area contributed by atoms with Gasteiger partial charge in [-0.15, -0.1) is 0 Å². The molecule has 1 aliphatic heterocycles. The van der Waals surface area contributed by atoms with Crippen molar-refractivity contribution in [3.63, 3.8) is 0 Å². The van der Waals surface area contributed by atoms with Gasteiger partial charge in [0.1, 0.15) is 12.4 Å². The third kappa shape index (κ3) is 2.34. The number of benzene rings is 1. The van der Waals surface area contributed by atoms with Crippen LogP contribution in [-0.4, -0.2) is 33.3 Å². The van der Waals surface area contributed by atoms with Crippen LogP contribution in [0.2, 0.25) is 0 Å². The van der Waals surface area contributed by atoms with Gasteiger partial charge >= 0.3 is 0 Å². The molecule has 1 unspecified atom stereocenters. The fourth-order valence-electron chi connectivity index (χ4n) is 2.07. The summed E-state index contributed by atoms with van der Waals surface area (Å²) in [5.74, 6) is 0.868. The third-order valence-electron chi connectivity index (χ3n) is 3.17. The van der Waals surface area contributed by atoms with Crippen molar-refractivity contribution in [1.29, 1.82) is 5.26 Å². The summed E-state index contributed by atoms with van der Waals surface area (Å²) in [6, 6.07) is 8.08. The number of likely N-dealkylation sites (N-methyl/N-ethyl adjacent to an activating group) is 1. The molecule has 0 aromatic heterocycles. The summed E-state index contributed by atoms with van der Waals surface area (Å²) in [7, 11) is 4.01. The molecule has 0 bridgehead atoms. The van der Waals surface area contributed by atoms with Crippen LogP contribution in [0.25, 0.3) is 0 Å². The SMILES string of the molecule is CNCCC1COc2ccc(C#N)cc2N1C. The van der Waals surface area contributed by atoms with Gasteiger partial charge in [0.05, 0.1) is 23.4 Å². The fraction of sp³-hybridized carbons (Fsp3) is 0.462. The lowest BCUT2D eigenvalue weighted by atomic mass is 10.1. The van der Waals surface area contributed by atoms with Crippen molar-refractivity contribution in [3.8, 4) is 11.8 Å². The Balaban J connectivity index is 2.21. The molecule has 1 aromatic carbocycles. The Morgan fingerprint density at radius 1 is 1.59 bits per heavy atom. The van der Waals surface area contributed by atoms with Crippen molar-refractivity contribution < 1.29 is 4.74 Å². The first kappa shape index (κ1) is 11.7. The summed E-state index contributed by atoms with van der Waals surface area (Å²) in [6.45, 7) is 1.67. The Hall–Kier alpha value is -1.73. The van der Waals surface area contributed by atoms with E-state index < -0.39 is 0 Å². The summed E-state index contributed by atoms with van der Waals surface area (Å²) >= 11 is 0. The van der Waals surface area contributed by atoms with Crippen molar-refractivity contribution in [2.45, 2.75) is 12.5 Å². The highest BCUT2D eigenvalue weighted by atomic mass is 16.5. The number of anilines is 1. The lowest BCUT2D eigenvalue weighted by Gasteiger charge is -2.36. The topological polar surface area (TPSA) is 48.3 Å². The molecule has 0 saturated heterocycles. The molecule has 4 heteroatoms. The lowest BCUT2D eigenvalue weighted by molar-refractivity contribution is 0.259. The standard InChI is InChI=1S/C13H17N3O/c1-15-6-5-11-9-17-13-4-3-10(8-14)7-12(13)16(11)2/h3-4,7,11,15H,5-6,9H2,1-2H3. The Morgan fingerprint density at radius 3 is 3.12 bits per heavy atom. The van der Waals surface area contributed by atoms with Gasteiger partial charge in [-0.1, -0.05) is 0 Å². The van der Waals surface area contributed by atoms with Gasteiger partial charge in [0, 0.05) is 7.05 Å². The van der Waals surface area contributed by atoms with E-state index in [0.29, 0.717) is 18.2 Å². The van der Waals surface area contributed by atoms with Gasteiger partial charge in [0.25, 0.3) is 0 Å². The first-order chi connectivity index (χ1) is 8.26. The van der Waals surface area contributed by atoms with Crippen LogP contribution < -0.4 is 15.0 Å². The van der Waals surface area contributed by atoms with Crippen molar-refractivity contribution in [3.05, 3.63) is 23.8 Å². The van der Waals surface area contributed by atoms with Gasteiger partial charge in [0.15, 0.2) is 0 Å². The van der Waals surface area contributed by atoms with Crippen molar-refractivity contribution in [2.75, 3.05) is 32.1 Å². The quantitative estimate of drug-likeness (QED) is 0.853. The molecule has 0 aliphatic carbocycles. The van der Waals surface area contributed by atoms with Crippen LogP contribution in [0, 0.1) is 11.3 Å². The molecule has 0 amide bonds. The predicted octanol–water partition coefficient (Wildman–Crippen LogP) is 1.36. The van der Waals surface area contributed by atoms with Crippen LogP contribution in [0.3, 0.4) is 0 Å². The molecule has 1 heterocycles. The maximum Gasteiger partial charge on any atom is 0.142 e. The van der Waals surface area contributed by atoms with Gasteiger partial charge in [-0.3, -0.25) is 0 Å². The summed E-state index contributed by atoms with van der Waals surface area (Å²) in [4.78, 5) is 2.21. The Labute approximate surface area is 102 Å². The van der Waals surface area contributed by atoms with Crippen LogP contribution in [-0.2, 0) is 0 Å². The van der Waals surface area contributed by atoms with E-state index in [-0.39, 0.29) is 0 Å². The Kier molecular flexibility index (Phi) is 3.50. The molecule has 17 heavy (non-hydrogen) atoms. The molecule has 1 atom stereocenters. The second-order valence-electron chi connectivity index (χ2n) is 4.26. The van der Waals surface area contributed by atoms with Crippen LogP contribution in [0.1, 0.15) is 12.0 Å². The van der Waals surface area contributed by atoms with Gasteiger partial charge < -0.3 is 15.0 Å². The minimum Gasteiger partial charge on any atom is -0.489 e. The summed E-state index contributed by atoms with van der Waals surface area (Å²) in [5, 5.41) is 12.1. The molecule has 0 saturated carbocycles. The van der Waals surface area contributed by atoms with Crippen molar-refractivity contribution in [1.82, 2.24) is 5.32 Å². The van der Waals surface area contributed by atoms with E-state index in [2.05, 4.69) is 23.3 Å². The molecule has 0 radical (unpaired) electrons. The highest BCUT2D eigenvalue weighted by Gasteiger charge is 2.24. The zero-order valence-electron chi connectivity index (χ0n) is 10.2. The van der Waals surface area contributed by atoms with Crippen LogP contribution in [0.4, 0.5) is 5.69 Å². The minimum absolute atomic E-state index is 0.365. The molecule has 0 fully saturated rings. The smallest absolute Gasteiger partial charge is 0.142 e. The molecule has 1 aliphatic rings. The lowest BCUT2D eigenvalue weighted by Crippen LogP contribution is -2.41. The van der Waals surface area contributed by atoms with E-state index in [1.807, 2.05) is 19.2 Å². The van der Waals surface area contributed by atoms with Crippen molar-refractivity contribution >= 4 is 5.69 Å². The second kappa shape index (κ2) is 5.07. The van der Waals surface area contributed by atoms with Crippen LogP contribution in [0.15, 0.2) is 18.2 Å². The molecule has 90 valence electrons. The minimum atomic E-state index is 0.365. The molecular weight excluding hydrogens is 214 g/mol. The first-order valence-corrected chi connectivity index (χ1v) is 5.80. The normalized spacial score (nSPS) is 18.2. The number of nitriles is 1. The maximum atomic E-state index is 8.91. The van der Waals surface area contributed by atoms with E-state index in [9.17, 15) is 0 Å². The second-order valence-corrected chi connectivity index (χ2v) is 4.26. The average molecular weight is 231 g/mol. The van der Waals surface area contributed by atoms with Gasteiger partial charge in [-0.2, -0.15) is 5.26 Å². The molecule has 1 N–H and O–H groups in total. The Morgan fingerprint density at radius 2 is 2.41 bits per heavy atom. The number of nitrogens with zero attached hydrogens (tertiary/aromatic N) is 2. The van der Waals surface area contributed by atoms with E-state index in [1.165, 1.54) is 0 Å². The third-order valence-corrected chi connectivity index (χ3v) is 3.17. The van der Waals surface area contributed by atoms with E-state index in [4.69, 9.17) is 10.00 Å². The molecule has 0 spiro atoms. The molecule has 4 nitrogen and oxygen atoms in total. The predicted molar refractivity (Wildman–Crippen MR) is 67.4 cm³/mol. The van der Waals surface area contributed by atoms with Gasteiger partial charge in [-0.25, -0.2) is 0 Å². The molecule has 2 rings (SSSR count). The first-order valence-electron chi connectivity index (χ1n) is 5.80. The zero-order valence-corrected chi connectivity index (χ0v) is 10.2. The highest BCUT2D eigenvalue weighted by Crippen LogP contribution is 2.34. The zero-order chi connectivity index (χ0) is 12.3. The number of rotatable bonds is 3. The van der Waals surface area contributed by atoms with Crippen LogP contribution in [0.5, 0.6) is 5.75 Å². The highest BCUT2D eigenvalue weighted by molar-refractivity contribution is 5.63. The van der Waals surface area contributed by atoms with Gasteiger partial charge in [0.2, 0.25) is 0 Å². The maximum absolute atomic E-state index is 8.91. The number of fused-ring (bicyclic) bond motifs is 1. The average Bonchev–Trinajstić information content (AvgIpc) is 2.38. The van der Waals surface area contributed by atoms with E-state index >= 15 is 0 Å². The summed E-state index contributed by atoms with van der Waals surface area (Å²) in [6.07, 6.45) is 1.03. The number of hydrogen-bond acceptors (Lipinski definition) is 4. The number of nitrogens with one attached hydrogen (secondary N) is 1.